The Morgan fingerprint density at radius 3 is 2.64 bits per heavy atom. The standard InChI is InChI=1S/C20H24N2O3/c1-24-18-10-17(11-19(12-18)25-2)20(23)22-8-4-6-16(14-22)9-15-5-3-7-21-13-15/h3,5,7,10-13,16H,4,6,8-9,14H2,1-2H3. The van der Waals surface area contributed by atoms with E-state index in [1.165, 1.54) is 5.56 Å². The highest BCUT2D eigenvalue weighted by atomic mass is 16.5. The predicted molar refractivity (Wildman–Crippen MR) is 96.1 cm³/mol. The van der Waals surface area contributed by atoms with Crippen molar-refractivity contribution in [1.82, 2.24) is 9.88 Å². The van der Waals surface area contributed by atoms with Gasteiger partial charge in [-0.25, -0.2) is 0 Å². The number of methoxy groups -OCH3 is 2. The van der Waals surface area contributed by atoms with Gasteiger partial charge >= 0.3 is 0 Å². The van der Waals surface area contributed by atoms with E-state index in [0.717, 1.165) is 32.4 Å². The summed E-state index contributed by atoms with van der Waals surface area (Å²) in [5, 5.41) is 0. The molecular formula is C20H24N2O3. The first-order chi connectivity index (χ1) is 12.2. The van der Waals surface area contributed by atoms with Crippen molar-refractivity contribution in [2.24, 2.45) is 5.92 Å². The van der Waals surface area contributed by atoms with Gasteiger partial charge in [0.15, 0.2) is 0 Å². The molecular weight excluding hydrogens is 316 g/mol. The van der Waals surface area contributed by atoms with Crippen LogP contribution in [-0.4, -0.2) is 43.1 Å². The molecule has 0 aliphatic carbocycles. The quantitative estimate of drug-likeness (QED) is 0.839. The molecule has 0 N–H and O–H groups in total. The Balaban J connectivity index is 1.71. The molecule has 1 aromatic carbocycles. The highest BCUT2D eigenvalue weighted by Gasteiger charge is 2.25. The van der Waals surface area contributed by atoms with Crippen LogP contribution in [0.5, 0.6) is 11.5 Å². The number of piperidine rings is 1. The van der Waals surface area contributed by atoms with Crippen LogP contribution in [-0.2, 0) is 6.42 Å². The lowest BCUT2D eigenvalue weighted by Gasteiger charge is -2.33. The number of rotatable bonds is 5. The molecule has 1 aromatic heterocycles. The minimum atomic E-state index is 0.0353. The number of carbonyl (C=O) groups excluding carboxylic acids is 1. The second-order valence-electron chi connectivity index (χ2n) is 6.43. The molecule has 1 aliphatic rings. The smallest absolute Gasteiger partial charge is 0.254 e. The molecule has 0 radical (unpaired) electrons. The van der Waals surface area contributed by atoms with Gasteiger partial charge in [-0.1, -0.05) is 6.07 Å². The van der Waals surface area contributed by atoms with Crippen molar-refractivity contribution in [1.29, 1.82) is 0 Å². The molecule has 2 aromatic rings. The van der Waals surface area contributed by atoms with E-state index < -0.39 is 0 Å². The van der Waals surface area contributed by atoms with Gasteiger partial charge in [-0.2, -0.15) is 0 Å². The van der Waals surface area contributed by atoms with E-state index in [4.69, 9.17) is 9.47 Å². The van der Waals surface area contributed by atoms with Crippen molar-refractivity contribution in [3.8, 4) is 11.5 Å². The molecule has 2 heterocycles. The Kier molecular flexibility index (Phi) is 5.53. The molecule has 0 bridgehead atoms. The predicted octanol–water partition coefficient (Wildman–Crippen LogP) is 3.19. The zero-order valence-electron chi connectivity index (χ0n) is 14.8. The van der Waals surface area contributed by atoms with Crippen LogP contribution in [0, 0.1) is 5.92 Å². The number of hydrogen-bond donors (Lipinski definition) is 0. The number of nitrogens with zero attached hydrogens (tertiary/aromatic N) is 2. The van der Waals surface area contributed by atoms with Crippen molar-refractivity contribution in [2.75, 3.05) is 27.3 Å². The van der Waals surface area contributed by atoms with E-state index in [9.17, 15) is 4.79 Å². The third kappa shape index (κ3) is 4.29. The Morgan fingerprint density at radius 2 is 2.00 bits per heavy atom. The normalized spacial score (nSPS) is 17.2. The second-order valence-corrected chi connectivity index (χ2v) is 6.43. The lowest BCUT2D eigenvalue weighted by Crippen LogP contribution is -2.40. The monoisotopic (exact) mass is 340 g/mol. The van der Waals surface area contributed by atoms with E-state index in [1.807, 2.05) is 17.2 Å². The zero-order chi connectivity index (χ0) is 17.6. The van der Waals surface area contributed by atoms with Crippen LogP contribution in [0.25, 0.3) is 0 Å². The Hall–Kier alpha value is -2.56. The maximum Gasteiger partial charge on any atom is 0.254 e. The molecule has 1 atom stereocenters. The summed E-state index contributed by atoms with van der Waals surface area (Å²) in [7, 11) is 3.18. The van der Waals surface area contributed by atoms with Gasteiger partial charge in [-0.3, -0.25) is 9.78 Å². The topological polar surface area (TPSA) is 51.7 Å². The molecule has 0 spiro atoms. The summed E-state index contributed by atoms with van der Waals surface area (Å²) in [5.74, 6) is 1.76. The summed E-state index contributed by atoms with van der Waals surface area (Å²) in [4.78, 5) is 19.1. The number of amides is 1. The molecule has 5 heteroatoms. The zero-order valence-corrected chi connectivity index (χ0v) is 14.8. The first-order valence-electron chi connectivity index (χ1n) is 8.61. The first kappa shape index (κ1) is 17.3. The van der Waals surface area contributed by atoms with Gasteiger partial charge < -0.3 is 14.4 Å². The summed E-state index contributed by atoms with van der Waals surface area (Å²) >= 11 is 0. The third-order valence-electron chi connectivity index (χ3n) is 4.65. The number of aromatic nitrogens is 1. The Labute approximate surface area is 148 Å². The van der Waals surface area contributed by atoms with Crippen molar-refractivity contribution < 1.29 is 14.3 Å². The SMILES string of the molecule is COc1cc(OC)cc(C(=O)N2CCCC(Cc3cccnc3)C2)c1. The second kappa shape index (κ2) is 8.01. The van der Waals surface area contributed by atoms with Gasteiger partial charge in [0.25, 0.3) is 5.91 Å². The van der Waals surface area contributed by atoms with E-state index in [0.29, 0.717) is 23.0 Å². The number of pyridine rings is 1. The maximum absolute atomic E-state index is 12.9. The van der Waals surface area contributed by atoms with Crippen LogP contribution in [0.2, 0.25) is 0 Å². The molecule has 1 amide bonds. The molecule has 3 rings (SSSR count). The van der Waals surface area contributed by atoms with E-state index in [1.54, 1.807) is 38.6 Å². The van der Waals surface area contributed by atoms with Gasteiger partial charge in [0.2, 0.25) is 0 Å². The molecule has 1 fully saturated rings. The summed E-state index contributed by atoms with van der Waals surface area (Å²) in [5.41, 5.74) is 1.84. The van der Waals surface area contributed by atoms with Crippen molar-refractivity contribution in [3.63, 3.8) is 0 Å². The molecule has 1 saturated heterocycles. The van der Waals surface area contributed by atoms with Gasteiger partial charge in [0.1, 0.15) is 11.5 Å². The number of carbonyl (C=O) groups is 1. The molecule has 5 nitrogen and oxygen atoms in total. The molecule has 25 heavy (non-hydrogen) atoms. The van der Waals surface area contributed by atoms with E-state index >= 15 is 0 Å². The van der Waals surface area contributed by atoms with Gasteiger partial charge in [-0.15, -0.1) is 0 Å². The lowest BCUT2D eigenvalue weighted by atomic mass is 9.91. The number of ether oxygens (including phenoxy) is 2. The fraction of sp³-hybridized carbons (Fsp3) is 0.400. The Bertz CT molecular complexity index is 696. The van der Waals surface area contributed by atoms with E-state index in [-0.39, 0.29) is 5.91 Å². The van der Waals surface area contributed by atoms with Crippen LogP contribution < -0.4 is 9.47 Å². The van der Waals surface area contributed by atoms with Crippen LogP contribution in [0.3, 0.4) is 0 Å². The third-order valence-corrected chi connectivity index (χ3v) is 4.65. The van der Waals surface area contributed by atoms with Gasteiger partial charge in [0.05, 0.1) is 14.2 Å². The molecule has 1 aliphatic heterocycles. The molecule has 1 unspecified atom stereocenters. The number of likely N-dealkylation sites (tertiary alicyclic amines) is 1. The van der Waals surface area contributed by atoms with Gasteiger partial charge in [-0.05, 0) is 48.9 Å². The fourth-order valence-corrected chi connectivity index (χ4v) is 3.38. The largest absolute Gasteiger partial charge is 0.497 e. The Morgan fingerprint density at radius 1 is 1.24 bits per heavy atom. The summed E-state index contributed by atoms with van der Waals surface area (Å²) in [6, 6.07) is 9.38. The lowest BCUT2D eigenvalue weighted by molar-refractivity contribution is 0.0672. The van der Waals surface area contributed by atoms with Crippen LogP contribution >= 0.6 is 0 Å². The average molecular weight is 340 g/mol. The first-order valence-corrected chi connectivity index (χ1v) is 8.61. The van der Waals surface area contributed by atoms with E-state index in [2.05, 4.69) is 11.1 Å². The maximum atomic E-state index is 12.9. The average Bonchev–Trinajstić information content (AvgIpc) is 2.68. The number of benzene rings is 1. The van der Waals surface area contributed by atoms with Crippen molar-refractivity contribution in [3.05, 3.63) is 53.9 Å². The highest BCUT2D eigenvalue weighted by molar-refractivity contribution is 5.95. The summed E-state index contributed by atoms with van der Waals surface area (Å²) < 4.78 is 10.6. The summed E-state index contributed by atoms with van der Waals surface area (Å²) in [6.07, 6.45) is 6.82. The van der Waals surface area contributed by atoms with Crippen LogP contribution in [0.15, 0.2) is 42.7 Å². The fourth-order valence-electron chi connectivity index (χ4n) is 3.38. The van der Waals surface area contributed by atoms with Gasteiger partial charge in [0, 0.05) is 37.1 Å². The van der Waals surface area contributed by atoms with Crippen molar-refractivity contribution >= 4 is 5.91 Å². The van der Waals surface area contributed by atoms with Crippen LogP contribution in [0.1, 0.15) is 28.8 Å². The number of hydrogen-bond acceptors (Lipinski definition) is 4. The van der Waals surface area contributed by atoms with Crippen LogP contribution in [0.4, 0.5) is 0 Å². The summed E-state index contributed by atoms with van der Waals surface area (Å²) in [6.45, 7) is 1.56. The minimum Gasteiger partial charge on any atom is -0.497 e. The highest BCUT2D eigenvalue weighted by Crippen LogP contribution is 2.26. The molecule has 0 saturated carbocycles. The molecule has 132 valence electrons. The van der Waals surface area contributed by atoms with Crippen molar-refractivity contribution in [2.45, 2.75) is 19.3 Å². The minimum absolute atomic E-state index is 0.0353.